The van der Waals surface area contributed by atoms with Crippen molar-refractivity contribution in [2.45, 2.75) is 25.8 Å². The van der Waals surface area contributed by atoms with E-state index < -0.39 is 0 Å². The van der Waals surface area contributed by atoms with Crippen molar-refractivity contribution in [2.75, 3.05) is 31.1 Å². The fourth-order valence-corrected chi connectivity index (χ4v) is 3.01. The molecule has 8 heteroatoms. The van der Waals surface area contributed by atoms with Crippen LogP contribution in [0.15, 0.2) is 12.5 Å². The fourth-order valence-electron chi connectivity index (χ4n) is 3.01. The molecule has 2 aromatic rings. The van der Waals surface area contributed by atoms with Gasteiger partial charge in [-0.15, -0.1) is 0 Å². The Bertz CT molecular complexity index is 690. The highest BCUT2D eigenvalue weighted by Gasteiger charge is 2.26. The number of piperazine rings is 1. The molecule has 1 aliphatic rings. The van der Waals surface area contributed by atoms with Crippen molar-refractivity contribution < 1.29 is 4.79 Å². The molecule has 1 unspecified atom stereocenters. The van der Waals surface area contributed by atoms with Crippen molar-refractivity contribution >= 4 is 22.8 Å². The van der Waals surface area contributed by atoms with E-state index in [2.05, 4.69) is 20.0 Å². The van der Waals surface area contributed by atoms with Gasteiger partial charge in [-0.3, -0.25) is 9.48 Å². The number of fused-ring (bicyclic) bond motifs is 1. The molecule has 0 bridgehead atoms. The molecule has 3 rings (SSSR count). The molecular formula is C15H23N7O. The highest BCUT2D eigenvalue weighted by Crippen LogP contribution is 2.23. The van der Waals surface area contributed by atoms with Crippen LogP contribution in [0, 0.1) is 0 Å². The summed E-state index contributed by atoms with van der Waals surface area (Å²) in [5.74, 6) is 0.939. The molecule has 8 nitrogen and oxygen atoms in total. The number of carbonyl (C=O) groups excluding carboxylic acids is 1. The number of anilines is 1. The summed E-state index contributed by atoms with van der Waals surface area (Å²) in [5, 5.41) is 5.19. The summed E-state index contributed by atoms with van der Waals surface area (Å²) in [4.78, 5) is 25.0. The van der Waals surface area contributed by atoms with E-state index in [1.165, 1.54) is 0 Å². The van der Waals surface area contributed by atoms with E-state index in [4.69, 9.17) is 5.73 Å². The smallest absolute Gasteiger partial charge is 0.239 e. The van der Waals surface area contributed by atoms with E-state index in [0.29, 0.717) is 13.1 Å². The van der Waals surface area contributed by atoms with Crippen molar-refractivity contribution in [3.05, 3.63) is 12.5 Å². The van der Waals surface area contributed by atoms with Crippen molar-refractivity contribution in [2.24, 2.45) is 12.8 Å². The molecule has 1 fully saturated rings. The minimum Gasteiger partial charge on any atom is -0.352 e. The second-order valence-corrected chi connectivity index (χ2v) is 5.91. The predicted octanol–water partition coefficient (Wildman–Crippen LogP) is 0.139. The Morgan fingerprint density at radius 1 is 1.30 bits per heavy atom. The first-order valence-corrected chi connectivity index (χ1v) is 8.03. The summed E-state index contributed by atoms with van der Waals surface area (Å²) in [6.45, 7) is 4.86. The van der Waals surface area contributed by atoms with E-state index in [-0.39, 0.29) is 11.9 Å². The summed E-state index contributed by atoms with van der Waals surface area (Å²) in [7, 11) is 1.87. The first kappa shape index (κ1) is 15.7. The molecule has 0 saturated carbocycles. The number of rotatable bonds is 4. The molecule has 1 amide bonds. The Hall–Kier alpha value is -2.22. The van der Waals surface area contributed by atoms with E-state index in [1.807, 2.05) is 18.9 Å². The summed E-state index contributed by atoms with van der Waals surface area (Å²) in [6.07, 6.45) is 5.02. The Labute approximate surface area is 135 Å². The number of nitrogens with two attached hydrogens (primary N) is 1. The van der Waals surface area contributed by atoms with Crippen LogP contribution in [0.5, 0.6) is 0 Å². The van der Waals surface area contributed by atoms with Crippen LogP contribution in [0.3, 0.4) is 0 Å². The lowest BCUT2D eigenvalue weighted by Gasteiger charge is -2.36. The fraction of sp³-hybridized carbons (Fsp3) is 0.600. The van der Waals surface area contributed by atoms with E-state index >= 15 is 0 Å². The van der Waals surface area contributed by atoms with Gasteiger partial charge in [0.15, 0.2) is 5.65 Å². The van der Waals surface area contributed by atoms with Gasteiger partial charge < -0.3 is 15.5 Å². The van der Waals surface area contributed by atoms with Crippen LogP contribution in [0.2, 0.25) is 0 Å². The van der Waals surface area contributed by atoms with Gasteiger partial charge in [-0.1, -0.05) is 13.3 Å². The zero-order chi connectivity index (χ0) is 16.4. The van der Waals surface area contributed by atoms with Gasteiger partial charge in [0.25, 0.3) is 0 Å². The Morgan fingerprint density at radius 3 is 2.74 bits per heavy atom. The molecule has 1 atom stereocenters. The molecule has 2 aromatic heterocycles. The van der Waals surface area contributed by atoms with Crippen LogP contribution in [0.4, 0.5) is 5.82 Å². The number of hydrogen-bond acceptors (Lipinski definition) is 6. The van der Waals surface area contributed by atoms with Gasteiger partial charge >= 0.3 is 0 Å². The molecule has 1 aliphatic heterocycles. The van der Waals surface area contributed by atoms with Gasteiger partial charge in [-0.25, -0.2) is 9.97 Å². The number of aromatic nitrogens is 4. The normalized spacial score (nSPS) is 16.8. The standard InChI is InChI=1S/C15H23N7O/c1-3-4-12(16)15(23)22-7-5-21(6-8-22)14-11-9-19-20(2)13(11)17-10-18-14/h9-10,12H,3-8,16H2,1-2H3. The molecule has 124 valence electrons. The van der Waals surface area contributed by atoms with Gasteiger partial charge in [0.2, 0.25) is 5.91 Å². The average molecular weight is 317 g/mol. The largest absolute Gasteiger partial charge is 0.352 e. The summed E-state index contributed by atoms with van der Waals surface area (Å²) < 4.78 is 1.74. The van der Waals surface area contributed by atoms with Crippen molar-refractivity contribution in [1.29, 1.82) is 0 Å². The highest BCUT2D eigenvalue weighted by atomic mass is 16.2. The van der Waals surface area contributed by atoms with E-state index in [1.54, 1.807) is 17.2 Å². The number of amides is 1. The number of nitrogens with zero attached hydrogens (tertiary/aromatic N) is 6. The predicted molar refractivity (Wildman–Crippen MR) is 88.0 cm³/mol. The van der Waals surface area contributed by atoms with Gasteiger partial charge in [0.05, 0.1) is 17.6 Å². The minimum absolute atomic E-state index is 0.0562. The molecule has 0 spiro atoms. The lowest BCUT2D eigenvalue weighted by molar-refractivity contribution is -0.133. The summed E-state index contributed by atoms with van der Waals surface area (Å²) in [5.41, 5.74) is 6.76. The lowest BCUT2D eigenvalue weighted by atomic mass is 10.1. The first-order chi connectivity index (χ1) is 11.1. The SMILES string of the molecule is CCCC(N)C(=O)N1CCN(c2ncnc3c2cnn3C)CC1. The highest BCUT2D eigenvalue weighted by molar-refractivity contribution is 5.87. The third kappa shape index (κ3) is 2.98. The second-order valence-electron chi connectivity index (χ2n) is 5.91. The molecule has 2 N–H and O–H groups in total. The van der Waals surface area contributed by atoms with Crippen LogP contribution >= 0.6 is 0 Å². The lowest BCUT2D eigenvalue weighted by Crippen LogP contribution is -2.53. The monoisotopic (exact) mass is 317 g/mol. The van der Waals surface area contributed by atoms with Gasteiger partial charge in [0, 0.05) is 33.2 Å². The molecule has 23 heavy (non-hydrogen) atoms. The van der Waals surface area contributed by atoms with Gasteiger partial charge in [0.1, 0.15) is 12.1 Å². The van der Waals surface area contributed by atoms with E-state index in [0.717, 1.165) is 42.8 Å². The molecule has 0 radical (unpaired) electrons. The molecular weight excluding hydrogens is 294 g/mol. The minimum atomic E-state index is -0.379. The maximum atomic E-state index is 12.3. The third-order valence-electron chi connectivity index (χ3n) is 4.32. The number of carbonyl (C=O) groups is 1. The van der Waals surface area contributed by atoms with Crippen molar-refractivity contribution in [1.82, 2.24) is 24.6 Å². The maximum absolute atomic E-state index is 12.3. The topological polar surface area (TPSA) is 93.2 Å². The molecule has 0 aliphatic carbocycles. The van der Waals surface area contributed by atoms with Crippen LogP contribution in [0.1, 0.15) is 19.8 Å². The zero-order valence-corrected chi connectivity index (χ0v) is 13.6. The average Bonchev–Trinajstić information content (AvgIpc) is 2.96. The van der Waals surface area contributed by atoms with Crippen LogP contribution < -0.4 is 10.6 Å². The van der Waals surface area contributed by atoms with Crippen LogP contribution in [-0.4, -0.2) is 62.8 Å². The van der Waals surface area contributed by atoms with Crippen LogP contribution in [0.25, 0.3) is 11.0 Å². The quantitative estimate of drug-likeness (QED) is 0.862. The molecule has 0 aromatic carbocycles. The summed E-state index contributed by atoms with van der Waals surface area (Å²) >= 11 is 0. The Morgan fingerprint density at radius 2 is 2.04 bits per heavy atom. The Balaban J connectivity index is 1.70. The van der Waals surface area contributed by atoms with Crippen LogP contribution in [-0.2, 0) is 11.8 Å². The van der Waals surface area contributed by atoms with Gasteiger partial charge in [-0.2, -0.15) is 5.10 Å². The summed E-state index contributed by atoms with van der Waals surface area (Å²) in [6, 6.07) is -0.379. The third-order valence-corrected chi connectivity index (χ3v) is 4.32. The maximum Gasteiger partial charge on any atom is 0.239 e. The Kier molecular flexibility index (Phi) is 4.42. The number of aryl methyl sites for hydroxylation is 1. The van der Waals surface area contributed by atoms with Crippen molar-refractivity contribution in [3.63, 3.8) is 0 Å². The van der Waals surface area contributed by atoms with E-state index in [9.17, 15) is 4.79 Å². The molecule has 3 heterocycles. The molecule has 1 saturated heterocycles. The zero-order valence-electron chi connectivity index (χ0n) is 13.6. The van der Waals surface area contributed by atoms with Gasteiger partial charge in [-0.05, 0) is 6.42 Å². The second kappa shape index (κ2) is 6.49. The number of hydrogen-bond donors (Lipinski definition) is 1. The first-order valence-electron chi connectivity index (χ1n) is 8.03. The van der Waals surface area contributed by atoms with Crippen molar-refractivity contribution in [3.8, 4) is 0 Å².